The van der Waals surface area contributed by atoms with Gasteiger partial charge in [-0.25, -0.2) is 12.8 Å². The summed E-state index contributed by atoms with van der Waals surface area (Å²) < 4.78 is 52.2. The third-order valence-corrected chi connectivity index (χ3v) is 6.91. The van der Waals surface area contributed by atoms with E-state index in [1.807, 2.05) is 17.5 Å². The molecule has 0 amide bonds. The number of nitrogens with one attached hydrogen (secondary N) is 1. The number of carbonyl (C=O) groups is 1. The van der Waals surface area contributed by atoms with Gasteiger partial charge in [0.15, 0.2) is 6.61 Å². The van der Waals surface area contributed by atoms with Crippen LogP contribution in [0.4, 0.5) is 4.39 Å². The van der Waals surface area contributed by atoms with Crippen molar-refractivity contribution in [3.63, 3.8) is 0 Å². The molecule has 2 heterocycles. The van der Waals surface area contributed by atoms with E-state index < -0.39 is 32.7 Å². The second-order valence-corrected chi connectivity index (χ2v) is 9.52. The highest BCUT2D eigenvalue weighted by Crippen LogP contribution is 2.21. The zero-order valence-electron chi connectivity index (χ0n) is 17.0. The zero-order chi connectivity index (χ0) is 23.3. The molecule has 2 aromatic heterocycles. The van der Waals surface area contributed by atoms with Crippen LogP contribution in [0.5, 0.6) is 0 Å². The molecular weight excluding hydrogens is 469 g/mol. The number of halogens is 1. The van der Waals surface area contributed by atoms with E-state index in [9.17, 15) is 17.6 Å². The Morgan fingerprint density at radius 2 is 1.85 bits per heavy atom. The van der Waals surface area contributed by atoms with Gasteiger partial charge >= 0.3 is 5.97 Å². The van der Waals surface area contributed by atoms with Crippen LogP contribution in [-0.4, -0.2) is 30.6 Å². The number of carbonyl (C=O) groups excluding carboxylic acids is 1. The molecule has 1 N–H and O–H groups in total. The summed E-state index contributed by atoms with van der Waals surface area (Å²) in [7, 11) is -4.34. The molecular formula is C22H18FN3O5S2. The fourth-order valence-corrected chi connectivity index (χ4v) is 4.90. The maximum Gasteiger partial charge on any atom is 0.325 e. The minimum atomic E-state index is -4.34. The van der Waals surface area contributed by atoms with Crippen LogP contribution in [0.3, 0.4) is 0 Å². The summed E-state index contributed by atoms with van der Waals surface area (Å²) in [5, 5.41) is 5.70. The van der Waals surface area contributed by atoms with Crippen molar-refractivity contribution in [1.82, 2.24) is 14.9 Å². The van der Waals surface area contributed by atoms with Crippen LogP contribution < -0.4 is 4.72 Å². The Morgan fingerprint density at radius 1 is 1.09 bits per heavy atom. The summed E-state index contributed by atoms with van der Waals surface area (Å²) in [6.07, 6.45) is -0.00235. The van der Waals surface area contributed by atoms with Crippen LogP contribution >= 0.6 is 11.3 Å². The third-order valence-electron chi connectivity index (χ3n) is 4.54. The zero-order valence-corrected chi connectivity index (χ0v) is 18.7. The van der Waals surface area contributed by atoms with Gasteiger partial charge in [-0.15, -0.1) is 11.3 Å². The van der Waals surface area contributed by atoms with Crippen molar-refractivity contribution in [3.8, 4) is 10.7 Å². The molecule has 33 heavy (non-hydrogen) atoms. The van der Waals surface area contributed by atoms with Crippen LogP contribution in [0.2, 0.25) is 0 Å². The minimum Gasteiger partial charge on any atom is -0.454 e. The fraction of sp³-hybridized carbons (Fsp3) is 0.136. The van der Waals surface area contributed by atoms with Gasteiger partial charge in [-0.3, -0.25) is 4.79 Å². The topological polar surface area (TPSA) is 111 Å². The van der Waals surface area contributed by atoms with Crippen LogP contribution in [0, 0.1) is 5.82 Å². The second-order valence-electron chi connectivity index (χ2n) is 6.89. The highest BCUT2D eigenvalue weighted by molar-refractivity contribution is 7.89. The number of thiophene rings is 1. The standard InChI is InChI=1S/C22H18FN3O5S2/c23-16-9-4-5-11-19(16)33(28,29)26-17(13-15-7-2-1-3-8-15)22(27)30-14-20-24-21(25-31-20)18-10-6-12-32-18/h1-12,17,26H,13-14H2/t17-/m0/s1. The van der Waals surface area contributed by atoms with Crippen molar-refractivity contribution in [2.45, 2.75) is 24.0 Å². The number of esters is 1. The van der Waals surface area contributed by atoms with Crippen molar-refractivity contribution in [1.29, 1.82) is 0 Å². The summed E-state index contributed by atoms with van der Waals surface area (Å²) in [6, 6.07) is 16.0. The lowest BCUT2D eigenvalue weighted by atomic mass is 10.1. The predicted molar refractivity (Wildman–Crippen MR) is 118 cm³/mol. The second kappa shape index (κ2) is 10.0. The molecule has 0 saturated carbocycles. The van der Waals surface area contributed by atoms with Crippen molar-refractivity contribution < 1.29 is 26.9 Å². The highest BCUT2D eigenvalue weighted by atomic mass is 32.2. The molecule has 2 aromatic carbocycles. The molecule has 0 unspecified atom stereocenters. The van der Waals surface area contributed by atoms with Gasteiger partial charge in [-0.1, -0.05) is 53.7 Å². The number of hydrogen-bond acceptors (Lipinski definition) is 8. The van der Waals surface area contributed by atoms with Gasteiger partial charge in [0, 0.05) is 0 Å². The molecule has 0 bridgehead atoms. The number of ether oxygens (including phenoxy) is 1. The first kappa shape index (κ1) is 22.8. The van der Waals surface area contributed by atoms with E-state index in [1.165, 1.54) is 23.5 Å². The van der Waals surface area contributed by atoms with E-state index in [2.05, 4.69) is 14.9 Å². The maximum atomic E-state index is 14.1. The van der Waals surface area contributed by atoms with Crippen molar-refractivity contribution in [2.75, 3.05) is 0 Å². The Kier molecular flexibility index (Phi) is 6.92. The van der Waals surface area contributed by atoms with E-state index in [4.69, 9.17) is 9.26 Å². The summed E-state index contributed by atoms with van der Waals surface area (Å²) in [5.74, 6) is -1.38. The van der Waals surface area contributed by atoms with Gasteiger partial charge in [-0.2, -0.15) is 9.71 Å². The van der Waals surface area contributed by atoms with E-state index in [0.29, 0.717) is 11.4 Å². The molecule has 0 aliphatic rings. The number of rotatable bonds is 9. The van der Waals surface area contributed by atoms with E-state index >= 15 is 0 Å². The number of sulfonamides is 1. The molecule has 0 aliphatic carbocycles. The molecule has 11 heteroatoms. The van der Waals surface area contributed by atoms with Gasteiger partial charge < -0.3 is 9.26 Å². The molecule has 0 saturated heterocycles. The lowest BCUT2D eigenvalue weighted by molar-refractivity contribution is -0.147. The van der Waals surface area contributed by atoms with Crippen LogP contribution in [0.1, 0.15) is 11.5 Å². The number of nitrogens with zero attached hydrogens (tertiary/aromatic N) is 2. The SMILES string of the molecule is O=C(OCc1nc(-c2cccs2)no1)[C@H](Cc1ccccc1)NS(=O)(=O)c1ccccc1F. The summed E-state index contributed by atoms with van der Waals surface area (Å²) in [4.78, 5) is 17.2. The molecule has 1 atom stereocenters. The Balaban J connectivity index is 1.50. The molecule has 4 rings (SSSR count). The van der Waals surface area contributed by atoms with Crippen molar-refractivity contribution in [2.24, 2.45) is 0 Å². The number of hydrogen-bond donors (Lipinski definition) is 1. The first-order chi connectivity index (χ1) is 15.9. The smallest absolute Gasteiger partial charge is 0.325 e. The molecule has 4 aromatic rings. The fourth-order valence-electron chi connectivity index (χ4n) is 2.99. The van der Waals surface area contributed by atoms with Gasteiger partial charge in [0.1, 0.15) is 16.8 Å². The van der Waals surface area contributed by atoms with Crippen molar-refractivity contribution in [3.05, 3.63) is 89.4 Å². The first-order valence-corrected chi connectivity index (χ1v) is 12.1. The first-order valence-electron chi connectivity index (χ1n) is 9.76. The Hall–Kier alpha value is -3.41. The average molecular weight is 488 g/mol. The third kappa shape index (κ3) is 5.69. The van der Waals surface area contributed by atoms with Crippen molar-refractivity contribution >= 4 is 27.3 Å². The van der Waals surface area contributed by atoms with Gasteiger partial charge in [0.05, 0.1) is 4.88 Å². The van der Waals surface area contributed by atoms with Crippen LogP contribution in [-0.2, 0) is 32.6 Å². The minimum absolute atomic E-state index is 0.00235. The molecule has 170 valence electrons. The number of aromatic nitrogens is 2. The van der Waals surface area contributed by atoms with Crippen LogP contribution in [0.25, 0.3) is 10.7 Å². The maximum absolute atomic E-state index is 14.1. The lowest BCUT2D eigenvalue weighted by Crippen LogP contribution is -2.43. The van der Waals surface area contributed by atoms with Gasteiger partial charge in [0.2, 0.25) is 15.8 Å². The van der Waals surface area contributed by atoms with Gasteiger partial charge in [0.25, 0.3) is 5.89 Å². The van der Waals surface area contributed by atoms with Crippen LogP contribution in [0.15, 0.2) is 81.5 Å². The highest BCUT2D eigenvalue weighted by Gasteiger charge is 2.29. The molecule has 0 spiro atoms. The molecule has 0 aliphatic heterocycles. The predicted octanol–water partition coefficient (Wildman–Crippen LogP) is 3.57. The van der Waals surface area contributed by atoms with E-state index in [1.54, 1.807) is 30.3 Å². The average Bonchev–Trinajstić information content (AvgIpc) is 3.50. The summed E-state index contributed by atoms with van der Waals surface area (Å²) in [5.41, 5.74) is 0.688. The lowest BCUT2D eigenvalue weighted by Gasteiger charge is -2.18. The Morgan fingerprint density at radius 3 is 2.58 bits per heavy atom. The Labute approximate surface area is 193 Å². The van der Waals surface area contributed by atoms with E-state index in [-0.39, 0.29) is 18.9 Å². The monoisotopic (exact) mass is 487 g/mol. The van der Waals surface area contributed by atoms with E-state index in [0.717, 1.165) is 17.0 Å². The summed E-state index contributed by atoms with van der Waals surface area (Å²) in [6.45, 7) is -0.343. The number of benzene rings is 2. The van der Waals surface area contributed by atoms with Gasteiger partial charge in [-0.05, 0) is 35.6 Å². The molecule has 8 nitrogen and oxygen atoms in total. The molecule has 0 fully saturated rings. The largest absolute Gasteiger partial charge is 0.454 e. The Bertz CT molecular complexity index is 1330. The summed E-state index contributed by atoms with van der Waals surface area (Å²) >= 11 is 1.43. The normalized spacial score (nSPS) is 12.4. The molecule has 0 radical (unpaired) electrons. The quantitative estimate of drug-likeness (QED) is 0.359.